The first-order valence-corrected chi connectivity index (χ1v) is 7.63. The SMILES string of the molecule is CC1CNC(c2ccccc2)(c2ccccc2)SC1=O. The van der Waals surface area contributed by atoms with E-state index in [0.29, 0.717) is 6.54 Å². The van der Waals surface area contributed by atoms with E-state index in [0.717, 1.165) is 11.1 Å². The summed E-state index contributed by atoms with van der Waals surface area (Å²) in [5, 5.41) is 3.83. The van der Waals surface area contributed by atoms with Crippen molar-refractivity contribution in [3.05, 3.63) is 71.8 Å². The van der Waals surface area contributed by atoms with Crippen molar-refractivity contribution in [1.29, 1.82) is 0 Å². The molecule has 1 aliphatic heterocycles. The van der Waals surface area contributed by atoms with Gasteiger partial charge >= 0.3 is 0 Å². The van der Waals surface area contributed by atoms with Gasteiger partial charge in [-0.3, -0.25) is 10.1 Å². The summed E-state index contributed by atoms with van der Waals surface area (Å²) >= 11 is 1.40. The van der Waals surface area contributed by atoms with E-state index in [2.05, 4.69) is 29.6 Å². The quantitative estimate of drug-likeness (QED) is 0.916. The molecule has 0 spiro atoms. The van der Waals surface area contributed by atoms with Gasteiger partial charge in [0.1, 0.15) is 4.87 Å². The van der Waals surface area contributed by atoms with Gasteiger partial charge < -0.3 is 0 Å². The first kappa shape index (κ1) is 13.4. The van der Waals surface area contributed by atoms with Crippen molar-refractivity contribution in [3.63, 3.8) is 0 Å². The van der Waals surface area contributed by atoms with Gasteiger partial charge in [-0.05, 0) is 11.1 Å². The topological polar surface area (TPSA) is 29.1 Å². The van der Waals surface area contributed by atoms with Gasteiger partial charge in [-0.25, -0.2) is 0 Å². The Bertz CT molecular complexity index is 557. The van der Waals surface area contributed by atoms with E-state index in [1.54, 1.807) is 0 Å². The van der Waals surface area contributed by atoms with Gasteiger partial charge in [-0.15, -0.1) is 0 Å². The highest BCUT2D eigenvalue weighted by Crippen LogP contribution is 2.44. The molecule has 20 heavy (non-hydrogen) atoms. The second-order valence-corrected chi connectivity index (χ2v) is 6.34. The lowest BCUT2D eigenvalue weighted by molar-refractivity contribution is -0.114. The van der Waals surface area contributed by atoms with Crippen molar-refractivity contribution >= 4 is 16.9 Å². The molecule has 2 aromatic carbocycles. The molecule has 3 heteroatoms. The molecule has 102 valence electrons. The van der Waals surface area contributed by atoms with Crippen LogP contribution in [-0.4, -0.2) is 11.7 Å². The highest BCUT2D eigenvalue weighted by atomic mass is 32.2. The Morgan fingerprint density at radius 2 is 1.50 bits per heavy atom. The molecule has 1 fully saturated rings. The molecule has 3 rings (SSSR count). The number of carbonyl (C=O) groups is 1. The van der Waals surface area contributed by atoms with Crippen LogP contribution < -0.4 is 5.32 Å². The summed E-state index contributed by atoms with van der Waals surface area (Å²) in [5.41, 5.74) is 2.24. The zero-order valence-corrected chi connectivity index (χ0v) is 12.2. The zero-order chi connectivity index (χ0) is 14.0. The third-order valence-corrected chi connectivity index (χ3v) is 5.20. The van der Waals surface area contributed by atoms with Crippen molar-refractivity contribution in [2.75, 3.05) is 6.54 Å². The molecule has 0 amide bonds. The van der Waals surface area contributed by atoms with Crippen LogP contribution in [0.15, 0.2) is 60.7 Å². The van der Waals surface area contributed by atoms with Crippen LogP contribution in [-0.2, 0) is 9.67 Å². The predicted molar refractivity (Wildman–Crippen MR) is 83.4 cm³/mol. The Balaban J connectivity index is 2.11. The number of nitrogens with one attached hydrogen (secondary N) is 1. The van der Waals surface area contributed by atoms with E-state index >= 15 is 0 Å². The summed E-state index contributed by atoms with van der Waals surface area (Å²) in [6.45, 7) is 2.68. The van der Waals surface area contributed by atoms with Crippen molar-refractivity contribution in [1.82, 2.24) is 5.32 Å². The number of benzene rings is 2. The number of rotatable bonds is 2. The lowest BCUT2D eigenvalue weighted by Gasteiger charge is -2.39. The lowest BCUT2D eigenvalue weighted by atomic mass is 9.96. The van der Waals surface area contributed by atoms with Crippen LogP contribution >= 0.6 is 11.8 Å². The van der Waals surface area contributed by atoms with Crippen LogP contribution in [0.1, 0.15) is 18.1 Å². The van der Waals surface area contributed by atoms with E-state index in [4.69, 9.17) is 0 Å². The number of hydrogen-bond acceptors (Lipinski definition) is 3. The van der Waals surface area contributed by atoms with Gasteiger partial charge in [0.2, 0.25) is 0 Å². The molecule has 1 atom stereocenters. The molecule has 1 unspecified atom stereocenters. The first-order chi connectivity index (χ1) is 9.72. The maximum absolute atomic E-state index is 12.3. The Labute approximate surface area is 123 Å². The monoisotopic (exact) mass is 283 g/mol. The number of carbonyl (C=O) groups excluding carboxylic acids is 1. The van der Waals surface area contributed by atoms with E-state index in [-0.39, 0.29) is 11.0 Å². The molecule has 0 radical (unpaired) electrons. The first-order valence-electron chi connectivity index (χ1n) is 6.81. The Kier molecular flexibility index (Phi) is 3.64. The Hall–Kier alpha value is -1.58. The molecule has 0 bridgehead atoms. The molecule has 1 saturated heterocycles. The van der Waals surface area contributed by atoms with Crippen LogP contribution in [0.5, 0.6) is 0 Å². The van der Waals surface area contributed by atoms with E-state index < -0.39 is 4.87 Å². The average molecular weight is 283 g/mol. The standard InChI is InChI=1S/C17H17NOS/c1-13-12-18-17(20-16(13)19,14-8-4-2-5-9-14)15-10-6-3-7-11-15/h2-11,13,18H,12H2,1H3. The third kappa shape index (κ3) is 2.28. The van der Waals surface area contributed by atoms with Crippen LogP contribution in [0.25, 0.3) is 0 Å². The summed E-state index contributed by atoms with van der Waals surface area (Å²) < 4.78 is 0. The Morgan fingerprint density at radius 3 is 1.95 bits per heavy atom. The van der Waals surface area contributed by atoms with Crippen molar-refractivity contribution < 1.29 is 4.79 Å². The molecule has 0 aliphatic carbocycles. The fourth-order valence-electron chi connectivity index (χ4n) is 2.50. The van der Waals surface area contributed by atoms with Crippen LogP contribution in [0.4, 0.5) is 0 Å². The molecule has 2 nitrogen and oxygen atoms in total. The second kappa shape index (κ2) is 5.43. The minimum absolute atomic E-state index is 0.0561. The maximum Gasteiger partial charge on any atom is 0.195 e. The van der Waals surface area contributed by atoms with Gasteiger partial charge in [-0.2, -0.15) is 0 Å². The average Bonchev–Trinajstić information content (AvgIpc) is 2.52. The molecule has 0 aromatic heterocycles. The minimum atomic E-state index is -0.466. The minimum Gasteiger partial charge on any atom is -0.294 e. The Morgan fingerprint density at radius 1 is 1.00 bits per heavy atom. The normalized spacial score (nSPS) is 21.6. The highest BCUT2D eigenvalue weighted by Gasteiger charge is 2.42. The maximum atomic E-state index is 12.3. The van der Waals surface area contributed by atoms with E-state index in [9.17, 15) is 4.79 Å². The van der Waals surface area contributed by atoms with Gasteiger partial charge in [-0.1, -0.05) is 79.3 Å². The summed E-state index contributed by atoms with van der Waals surface area (Å²) in [7, 11) is 0. The number of thioether (sulfide) groups is 1. The third-order valence-electron chi connectivity index (χ3n) is 3.67. The molecule has 1 N–H and O–H groups in total. The largest absolute Gasteiger partial charge is 0.294 e. The summed E-state index contributed by atoms with van der Waals surface area (Å²) in [6, 6.07) is 20.4. The highest BCUT2D eigenvalue weighted by molar-refractivity contribution is 8.14. The molecular formula is C17H17NOS. The predicted octanol–water partition coefficient (Wildman–Crippen LogP) is 3.39. The van der Waals surface area contributed by atoms with Crippen LogP contribution in [0.3, 0.4) is 0 Å². The fourth-order valence-corrected chi connectivity index (χ4v) is 3.75. The molecule has 1 aliphatic rings. The van der Waals surface area contributed by atoms with Gasteiger partial charge in [0.05, 0.1) is 0 Å². The lowest BCUT2D eigenvalue weighted by Crippen LogP contribution is -2.49. The van der Waals surface area contributed by atoms with E-state index in [1.165, 1.54) is 11.8 Å². The van der Waals surface area contributed by atoms with Crippen LogP contribution in [0, 0.1) is 5.92 Å². The second-order valence-electron chi connectivity index (χ2n) is 5.12. The summed E-state index contributed by atoms with van der Waals surface area (Å²) in [4.78, 5) is 11.8. The summed E-state index contributed by atoms with van der Waals surface area (Å²) in [5.74, 6) is 0.0561. The molecule has 1 heterocycles. The number of hydrogen-bond donors (Lipinski definition) is 1. The van der Waals surface area contributed by atoms with Crippen LogP contribution in [0.2, 0.25) is 0 Å². The fraction of sp³-hybridized carbons (Fsp3) is 0.235. The zero-order valence-electron chi connectivity index (χ0n) is 11.4. The van der Waals surface area contributed by atoms with Gasteiger partial charge in [0.15, 0.2) is 5.12 Å². The molecular weight excluding hydrogens is 266 g/mol. The van der Waals surface area contributed by atoms with Gasteiger partial charge in [0, 0.05) is 12.5 Å². The van der Waals surface area contributed by atoms with Crippen molar-refractivity contribution in [2.45, 2.75) is 11.8 Å². The summed E-state index contributed by atoms with van der Waals surface area (Å²) in [6.07, 6.45) is 0. The van der Waals surface area contributed by atoms with Crippen molar-refractivity contribution in [3.8, 4) is 0 Å². The van der Waals surface area contributed by atoms with Crippen molar-refractivity contribution in [2.24, 2.45) is 5.92 Å². The molecule has 2 aromatic rings. The van der Waals surface area contributed by atoms with E-state index in [1.807, 2.05) is 43.3 Å². The smallest absolute Gasteiger partial charge is 0.195 e. The molecule has 0 saturated carbocycles. The van der Waals surface area contributed by atoms with Gasteiger partial charge in [0.25, 0.3) is 0 Å².